The van der Waals surface area contributed by atoms with Gasteiger partial charge in [0.05, 0.1) is 24.8 Å². The second-order valence-electron chi connectivity index (χ2n) is 9.36. The third-order valence-electron chi connectivity index (χ3n) is 5.89. The highest BCUT2D eigenvalue weighted by molar-refractivity contribution is 7.94. The van der Waals surface area contributed by atoms with Crippen LogP contribution in [0.15, 0.2) is 39.9 Å². The van der Waals surface area contributed by atoms with Gasteiger partial charge in [0.15, 0.2) is 0 Å². The molecule has 3 N–H and O–H groups in total. The molecule has 0 aliphatic carbocycles. The molecular formula is C24H34N4O6S2. The fraction of sp³-hybridized carbons (Fsp3) is 0.500. The number of urea groups is 1. The summed E-state index contributed by atoms with van der Waals surface area (Å²) < 4.78 is 34.3. The van der Waals surface area contributed by atoms with E-state index in [1.165, 1.54) is 23.1 Å². The molecule has 0 saturated heterocycles. The Morgan fingerprint density at radius 1 is 1.31 bits per heavy atom. The van der Waals surface area contributed by atoms with Crippen LogP contribution >= 0.6 is 11.3 Å². The number of likely N-dealkylation sites (N-methyl/N-ethyl adjacent to an activating group) is 1. The van der Waals surface area contributed by atoms with Crippen molar-refractivity contribution in [3.8, 4) is 5.75 Å². The van der Waals surface area contributed by atoms with Gasteiger partial charge in [0.2, 0.25) is 0 Å². The topological polar surface area (TPSA) is 128 Å². The largest absolute Gasteiger partial charge is 0.487 e. The normalized spacial score (nSPS) is 19.1. The number of anilines is 1. The fourth-order valence-corrected chi connectivity index (χ4v) is 5.88. The molecule has 0 radical (unpaired) electrons. The Hall–Kier alpha value is -2.83. The molecule has 1 aliphatic heterocycles. The molecule has 3 atom stereocenters. The van der Waals surface area contributed by atoms with Crippen molar-refractivity contribution in [1.82, 2.24) is 15.1 Å². The van der Waals surface area contributed by atoms with Crippen LogP contribution in [-0.4, -0.2) is 80.2 Å². The maximum Gasteiger partial charge on any atom is 0.317 e. The van der Waals surface area contributed by atoms with Crippen LogP contribution in [0.5, 0.6) is 5.75 Å². The van der Waals surface area contributed by atoms with Crippen molar-refractivity contribution in [2.24, 2.45) is 5.92 Å². The Morgan fingerprint density at radius 3 is 2.64 bits per heavy atom. The zero-order valence-electron chi connectivity index (χ0n) is 21.1. The smallest absolute Gasteiger partial charge is 0.317 e. The molecule has 0 saturated carbocycles. The lowest BCUT2D eigenvalue weighted by molar-refractivity contribution is 0.0366. The van der Waals surface area contributed by atoms with Gasteiger partial charge in [0.1, 0.15) is 16.1 Å². The number of hydrogen-bond donors (Lipinski definition) is 3. The number of hydrogen-bond acceptors (Lipinski definition) is 7. The quantitative estimate of drug-likeness (QED) is 0.474. The minimum absolute atomic E-state index is 0.0220. The average molecular weight is 539 g/mol. The van der Waals surface area contributed by atoms with Gasteiger partial charge in [-0.3, -0.25) is 9.52 Å². The average Bonchev–Trinajstić information content (AvgIpc) is 3.36. The van der Waals surface area contributed by atoms with Crippen molar-refractivity contribution in [3.05, 3.63) is 41.3 Å². The number of aliphatic hydroxyl groups excluding tert-OH is 1. The second kappa shape index (κ2) is 11.5. The maximum atomic E-state index is 13.5. The summed E-state index contributed by atoms with van der Waals surface area (Å²) in [6.07, 6.45) is -0.457. The summed E-state index contributed by atoms with van der Waals surface area (Å²) >= 11 is 1.09. The van der Waals surface area contributed by atoms with Gasteiger partial charge >= 0.3 is 6.03 Å². The number of benzene rings is 1. The van der Waals surface area contributed by atoms with E-state index in [1.54, 1.807) is 36.4 Å². The Balaban J connectivity index is 1.95. The number of rotatable bonds is 8. The molecule has 3 rings (SSSR count). The van der Waals surface area contributed by atoms with Gasteiger partial charge in [-0.15, -0.1) is 11.3 Å². The maximum absolute atomic E-state index is 13.5. The van der Waals surface area contributed by atoms with Gasteiger partial charge in [-0.1, -0.05) is 13.0 Å². The van der Waals surface area contributed by atoms with Gasteiger partial charge in [-0.25, -0.2) is 13.2 Å². The first-order valence-corrected chi connectivity index (χ1v) is 14.1. The molecule has 12 heteroatoms. The lowest BCUT2D eigenvalue weighted by atomic mass is 9.99. The summed E-state index contributed by atoms with van der Waals surface area (Å²) in [6.45, 7) is 7.74. The first-order chi connectivity index (χ1) is 16.9. The van der Waals surface area contributed by atoms with Crippen molar-refractivity contribution in [2.75, 3.05) is 31.5 Å². The zero-order chi connectivity index (χ0) is 26.6. The van der Waals surface area contributed by atoms with Gasteiger partial charge in [0, 0.05) is 31.2 Å². The van der Waals surface area contributed by atoms with Crippen LogP contribution in [0.1, 0.15) is 38.1 Å². The van der Waals surface area contributed by atoms with Crippen molar-refractivity contribution in [2.45, 2.75) is 50.1 Å². The second-order valence-corrected chi connectivity index (χ2v) is 12.2. The minimum atomic E-state index is -3.81. The molecule has 0 spiro atoms. The monoisotopic (exact) mass is 538 g/mol. The predicted molar refractivity (Wildman–Crippen MR) is 139 cm³/mol. The number of carbonyl (C=O) groups excluding carboxylic acids is 2. The van der Waals surface area contributed by atoms with E-state index in [0.717, 1.165) is 11.3 Å². The van der Waals surface area contributed by atoms with Gasteiger partial charge in [-0.2, -0.15) is 0 Å². The summed E-state index contributed by atoms with van der Waals surface area (Å²) in [7, 11) is -2.13. The number of nitrogens with zero attached hydrogens (tertiary/aromatic N) is 2. The number of fused-ring (bicyclic) bond motifs is 1. The van der Waals surface area contributed by atoms with E-state index in [-0.39, 0.29) is 64.8 Å². The van der Waals surface area contributed by atoms with Crippen LogP contribution < -0.4 is 14.8 Å². The van der Waals surface area contributed by atoms with Crippen LogP contribution in [0.25, 0.3) is 0 Å². The Bertz CT molecular complexity index is 1170. The molecule has 0 fully saturated rings. The summed E-state index contributed by atoms with van der Waals surface area (Å²) in [5.74, 6) is -0.259. The van der Waals surface area contributed by atoms with E-state index in [4.69, 9.17) is 4.74 Å². The highest BCUT2D eigenvalue weighted by Crippen LogP contribution is 2.31. The predicted octanol–water partition coefficient (Wildman–Crippen LogP) is 2.82. The van der Waals surface area contributed by atoms with Gasteiger partial charge in [0.25, 0.3) is 15.9 Å². The van der Waals surface area contributed by atoms with E-state index < -0.39 is 22.2 Å². The molecular weight excluding hydrogens is 504 g/mol. The third kappa shape index (κ3) is 6.48. The highest BCUT2D eigenvalue weighted by Gasteiger charge is 2.34. The third-order valence-corrected chi connectivity index (χ3v) is 8.67. The van der Waals surface area contributed by atoms with Crippen LogP contribution in [0, 0.1) is 5.92 Å². The molecule has 0 bridgehead atoms. The number of aliphatic hydroxyl groups is 1. The summed E-state index contributed by atoms with van der Waals surface area (Å²) in [5.41, 5.74) is 0.391. The number of sulfonamides is 1. The van der Waals surface area contributed by atoms with E-state index in [1.807, 2.05) is 20.8 Å². The van der Waals surface area contributed by atoms with Crippen molar-refractivity contribution in [3.63, 3.8) is 0 Å². The van der Waals surface area contributed by atoms with E-state index in [9.17, 15) is 23.1 Å². The summed E-state index contributed by atoms with van der Waals surface area (Å²) in [4.78, 5) is 29.1. The molecule has 3 amide bonds. The SMILES string of the molecule is CC(C)NC(=O)N(C)C[C@@H]1Oc2ccc(NS(=O)(=O)c3cccs3)cc2C(=O)N([C@@H](C)CO)C[C@H]1C. The highest BCUT2D eigenvalue weighted by atomic mass is 32.2. The number of amides is 3. The lowest BCUT2D eigenvalue weighted by Crippen LogP contribution is -2.51. The molecule has 36 heavy (non-hydrogen) atoms. The zero-order valence-corrected chi connectivity index (χ0v) is 22.7. The van der Waals surface area contributed by atoms with Crippen molar-refractivity contribution >= 4 is 39.0 Å². The molecule has 198 valence electrons. The fourth-order valence-electron chi connectivity index (χ4n) is 3.84. The molecule has 0 unspecified atom stereocenters. The van der Waals surface area contributed by atoms with Crippen LogP contribution in [-0.2, 0) is 10.0 Å². The molecule has 1 aliphatic rings. The van der Waals surface area contributed by atoms with Crippen molar-refractivity contribution in [1.29, 1.82) is 0 Å². The van der Waals surface area contributed by atoms with E-state index >= 15 is 0 Å². The number of ether oxygens (including phenoxy) is 1. The molecule has 2 heterocycles. The Labute approximate surface area is 216 Å². The van der Waals surface area contributed by atoms with Crippen molar-refractivity contribution < 1.29 is 27.9 Å². The number of thiophene rings is 1. The first-order valence-electron chi connectivity index (χ1n) is 11.7. The molecule has 1 aromatic heterocycles. The van der Waals surface area contributed by atoms with Crippen LogP contribution in [0.3, 0.4) is 0 Å². The Morgan fingerprint density at radius 2 is 2.03 bits per heavy atom. The minimum Gasteiger partial charge on any atom is -0.487 e. The van der Waals surface area contributed by atoms with Crippen LogP contribution in [0.4, 0.5) is 10.5 Å². The van der Waals surface area contributed by atoms with Crippen LogP contribution in [0.2, 0.25) is 0 Å². The molecule has 10 nitrogen and oxygen atoms in total. The summed E-state index contributed by atoms with van der Waals surface area (Å²) in [5, 5.41) is 14.3. The molecule has 2 aromatic rings. The Kier molecular flexibility index (Phi) is 8.85. The lowest BCUT2D eigenvalue weighted by Gasteiger charge is -2.38. The van der Waals surface area contributed by atoms with E-state index in [2.05, 4.69) is 10.0 Å². The standard InChI is InChI=1S/C24H34N4O6S2/c1-15(2)25-24(31)27(5)13-21-16(3)12-28(17(4)14-29)23(30)19-11-18(8-9-20(19)34-21)26-36(32,33)22-7-6-10-35-22/h6-11,15-17,21,26,29H,12-14H2,1-5H3,(H,25,31)/t16-,17+,21+/m1/s1. The van der Waals surface area contributed by atoms with Gasteiger partial charge < -0.3 is 25.0 Å². The van der Waals surface area contributed by atoms with E-state index in [0.29, 0.717) is 0 Å². The summed E-state index contributed by atoms with van der Waals surface area (Å²) in [6, 6.07) is 6.95. The first kappa shape index (κ1) is 27.8. The molecule has 1 aromatic carbocycles. The number of nitrogens with one attached hydrogen (secondary N) is 2. The number of carbonyl (C=O) groups is 2. The van der Waals surface area contributed by atoms with Gasteiger partial charge in [-0.05, 0) is 50.4 Å².